The Morgan fingerprint density at radius 3 is 2.43 bits per heavy atom. The molecule has 4 fully saturated rings. The minimum absolute atomic E-state index is 0.197. The standard InChI is InChI=1S/C24H40O4/c1-14(11-21(26)27)17-5-6-18-22-19(8-10-24(17,18)3)23(2)9-7-16(28-4)12-15(23)13-20(22)25/h14-20,22,25H,5-13H2,1-4H3,(H,26,27)/t14-,15+,16-,17-,18+,19+,20-,22+,23+,24-/m1/s1. The van der Waals surface area contributed by atoms with Crippen molar-refractivity contribution >= 4 is 5.97 Å². The first kappa shape index (κ1) is 20.7. The zero-order valence-electron chi connectivity index (χ0n) is 18.2. The summed E-state index contributed by atoms with van der Waals surface area (Å²) in [5, 5.41) is 20.6. The predicted octanol–water partition coefficient (Wildman–Crippen LogP) is 4.74. The highest BCUT2D eigenvalue weighted by atomic mass is 16.5. The number of carbonyl (C=O) groups is 1. The number of carboxylic acid groups (broad SMARTS) is 1. The molecular formula is C24H40O4. The Balaban J connectivity index is 1.58. The zero-order chi connectivity index (χ0) is 20.3. The predicted molar refractivity (Wildman–Crippen MR) is 109 cm³/mol. The van der Waals surface area contributed by atoms with Gasteiger partial charge in [0.1, 0.15) is 0 Å². The molecule has 4 aliphatic carbocycles. The van der Waals surface area contributed by atoms with E-state index in [9.17, 15) is 15.0 Å². The number of aliphatic carboxylic acids is 1. The quantitative estimate of drug-likeness (QED) is 0.725. The minimum atomic E-state index is -0.670. The van der Waals surface area contributed by atoms with E-state index in [0.29, 0.717) is 41.1 Å². The fraction of sp³-hybridized carbons (Fsp3) is 0.958. The van der Waals surface area contributed by atoms with Gasteiger partial charge in [-0.1, -0.05) is 20.8 Å². The number of hydrogen-bond acceptors (Lipinski definition) is 3. The highest BCUT2D eigenvalue weighted by Crippen LogP contribution is 2.68. The van der Waals surface area contributed by atoms with E-state index in [4.69, 9.17) is 4.74 Å². The number of aliphatic hydroxyl groups is 1. The SMILES string of the molecule is CO[C@@H]1CC[C@@]2(C)[C@@H](C1)C[C@@H](O)[C@@H]1[C@@H]2CC[C@]2(C)[C@@H]([C@H](C)CC(=O)O)CC[C@@H]12. The normalized spacial score (nSPS) is 51.7. The summed E-state index contributed by atoms with van der Waals surface area (Å²) in [7, 11) is 1.83. The third-order valence-electron chi connectivity index (χ3n) is 10.2. The van der Waals surface area contributed by atoms with Crippen molar-refractivity contribution in [2.75, 3.05) is 7.11 Å². The first-order chi connectivity index (χ1) is 13.2. The summed E-state index contributed by atoms with van der Waals surface area (Å²) in [6.45, 7) is 7.07. The van der Waals surface area contributed by atoms with Crippen LogP contribution < -0.4 is 0 Å². The topological polar surface area (TPSA) is 66.8 Å². The molecule has 4 saturated carbocycles. The van der Waals surface area contributed by atoms with E-state index in [1.165, 1.54) is 25.7 Å². The third kappa shape index (κ3) is 3.05. The molecule has 0 aromatic rings. The molecule has 0 radical (unpaired) electrons. The first-order valence-corrected chi connectivity index (χ1v) is 11.6. The maximum Gasteiger partial charge on any atom is 0.303 e. The molecule has 0 aliphatic heterocycles. The Morgan fingerprint density at radius 1 is 1.07 bits per heavy atom. The van der Waals surface area contributed by atoms with Crippen molar-refractivity contribution in [2.45, 2.75) is 90.8 Å². The Bertz CT molecular complexity index is 605. The van der Waals surface area contributed by atoms with Crippen LogP contribution in [0.4, 0.5) is 0 Å². The molecule has 0 saturated heterocycles. The van der Waals surface area contributed by atoms with Crippen LogP contribution in [0.3, 0.4) is 0 Å². The van der Waals surface area contributed by atoms with E-state index in [2.05, 4.69) is 20.8 Å². The molecule has 4 aliphatic rings. The van der Waals surface area contributed by atoms with Gasteiger partial charge in [0.2, 0.25) is 0 Å². The van der Waals surface area contributed by atoms with Gasteiger partial charge in [0, 0.05) is 13.5 Å². The van der Waals surface area contributed by atoms with E-state index in [1.807, 2.05) is 7.11 Å². The highest BCUT2D eigenvalue weighted by molar-refractivity contribution is 5.67. The van der Waals surface area contributed by atoms with Gasteiger partial charge in [-0.2, -0.15) is 0 Å². The van der Waals surface area contributed by atoms with Crippen LogP contribution >= 0.6 is 0 Å². The van der Waals surface area contributed by atoms with Gasteiger partial charge in [-0.3, -0.25) is 4.79 Å². The molecule has 28 heavy (non-hydrogen) atoms. The average molecular weight is 393 g/mol. The van der Waals surface area contributed by atoms with Crippen molar-refractivity contribution in [3.63, 3.8) is 0 Å². The van der Waals surface area contributed by atoms with Crippen LogP contribution in [0.5, 0.6) is 0 Å². The lowest BCUT2D eigenvalue weighted by Crippen LogP contribution is -2.58. The molecule has 4 heteroatoms. The van der Waals surface area contributed by atoms with Gasteiger partial charge < -0.3 is 14.9 Å². The Labute approximate surface area is 170 Å². The smallest absolute Gasteiger partial charge is 0.303 e. The zero-order valence-corrected chi connectivity index (χ0v) is 18.2. The van der Waals surface area contributed by atoms with E-state index in [1.54, 1.807) is 0 Å². The number of ether oxygens (including phenoxy) is 1. The average Bonchev–Trinajstić information content (AvgIpc) is 2.98. The van der Waals surface area contributed by atoms with Crippen LogP contribution in [0.25, 0.3) is 0 Å². The van der Waals surface area contributed by atoms with Crippen molar-refractivity contribution in [3.8, 4) is 0 Å². The molecule has 4 rings (SSSR count). The van der Waals surface area contributed by atoms with Gasteiger partial charge in [-0.15, -0.1) is 0 Å². The molecule has 0 aromatic carbocycles. The van der Waals surface area contributed by atoms with Crippen molar-refractivity contribution in [3.05, 3.63) is 0 Å². The summed E-state index contributed by atoms with van der Waals surface area (Å²) in [5.74, 6) is 2.19. The molecule has 0 unspecified atom stereocenters. The Kier molecular flexibility index (Phi) is 5.36. The second-order valence-corrected chi connectivity index (χ2v) is 11.2. The van der Waals surface area contributed by atoms with Crippen LogP contribution in [0, 0.1) is 46.3 Å². The van der Waals surface area contributed by atoms with Crippen molar-refractivity contribution in [2.24, 2.45) is 46.3 Å². The number of hydrogen-bond donors (Lipinski definition) is 2. The summed E-state index contributed by atoms with van der Waals surface area (Å²) < 4.78 is 5.68. The lowest BCUT2D eigenvalue weighted by Gasteiger charge is -2.62. The van der Waals surface area contributed by atoms with Crippen LogP contribution in [-0.4, -0.2) is 35.5 Å². The fourth-order valence-electron chi connectivity index (χ4n) is 8.79. The van der Waals surface area contributed by atoms with Crippen molar-refractivity contribution in [1.29, 1.82) is 0 Å². The minimum Gasteiger partial charge on any atom is -0.481 e. The fourth-order valence-corrected chi connectivity index (χ4v) is 8.79. The lowest BCUT2D eigenvalue weighted by atomic mass is 9.43. The van der Waals surface area contributed by atoms with Crippen LogP contribution in [0.1, 0.15) is 78.6 Å². The van der Waals surface area contributed by atoms with E-state index < -0.39 is 5.97 Å². The molecule has 2 N–H and O–H groups in total. The van der Waals surface area contributed by atoms with Gasteiger partial charge in [-0.25, -0.2) is 0 Å². The largest absolute Gasteiger partial charge is 0.481 e. The summed E-state index contributed by atoms with van der Waals surface area (Å²) in [6, 6.07) is 0. The van der Waals surface area contributed by atoms with Crippen LogP contribution in [0.15, 0.2) is 0 Å². The Hall–Kier alpha value is -0.610. The number of carboxylic acids is 1. The maximum atomic E-state index is 11.3. The van der Waals surface area contributed by atoms with E-state index >= 15 is 0 Å². The molecule has 0 bridgehead atoms. The van der Waals surface area contributed by atoms with Gasteiger partial charge >= 0.3 is 5.97 Å². The second kappa shape index (κ2) is 7.27. The molecule has 0 aromatic heterocycles. The molecule has 0 spiro atoms. The summed E-state index contributed by atoms with van der Waals surface area (Å²) in [5.41, 5.74) is 0.537. The second-order valence-electron chi connectivity index (χ2n) is 11.2. The number of rotatable bonds is 4. The summed E-state index contributed by atoms with van der Waals surface area (Å²) in [6.07, 6.45) is 9.58. The van der Waals surface area contributed by atoms with Crippen LogP contribution in [0.2, 0.25) is 0 Å². The van der Waals surface area contributed by atoms with Crippen molar-refractivity contribution < 1.29 is 19.7 Å². The lowest BCUT2D eigenvalue weighted by molar-refractivity contribution is -0.176. The van der Waals surface area contributed by atoms with Gasteiger partial charge in [-0.05, 0) is 97.7 Å². The molecule has 0 amide bonds. The van der Waals surface area contributed by atoms with Crippen molar-refractivity contribution in [1.82, 2.24) is 0 Å². The molecule has 160 valence electrons. The van der Waals surface area contributed by atoms with E-state index in [-0.39, 0.29) is 23.9 Å². The van der Waals surface area contributed by atoms with Crippen LogP contribution in [-0.2, 0) is 9.53 Å². The van der Waals surface area contributed by atoms with E-state index in [0.717, 1.165) is 25.7 Å². The summed E-state index contributed by atoms with van der Waals surface area (Å²) >= 11 is 0. The van der Waals surface area contributed by atoms with Gasteiger partial charge in [0.05, 0.1) is 12.2 Å². The third-order valence-corrected chi connectivity index (χ3v) is 10.2. The number of aliphatic hydroxyl groups excluding tert-OH is 1. The molecular weight excluding hydrogens is 352 g/mol. The molecule has 0 heterocycles. The summed E-state index contributed by atoms with van der Waals surface area (Å²) in [4.78, 5) is 11.3. The monoisotopic (exact) mass is 392 g/mol. The highest BCUT2D eigenvalue weighted by Gasteiger charge is 2.62. The van der Waals surface area contributed by atoms with Gasteiger partial charge in [0.15, 0.2) is 0 Å². The number of methoxy groups -OCH3 is 1. The molecule has 10 atom stereocenters. The Morgan fingerprint density at radius 2 is 1.75 bits per heavy atom. The number of fused-ring (bicyclic) bond motifs is 5. The van der Waals surface area contributed by atoms with Gasteiger partial charge in [0.25, 0.3) is 0 Å². The first-order valence-electron chi connectivity index (χ1n) is 11.6. The maximum absolute atomic E-state index is 11.3. The molecule has 4 nitrogen and oxygen atoms in total.